The highest BCUT2D eigenvalue weighted by Gasteiger charge is 2.81. The second kappa shape index (κ2) is 8.42. The quantitative estimate of drug-likeness (QED) is 0.399. The van der Waals surface area contributed by atoms with E-state index in [1.54, 1.807) is 0 Å². The Bertz CT molecular complexity index is 951. The molecular formula is C27H36ClN3O2. The molecule has 0 unspecified atom stereocenters. The summed E-state index contributed by atoms with van der Waals surface area (Å²) in [4.78, 5) is 29.3. The normalized spacial score (nSPS) is 33.7. The average Bonchev–Trinajstić information content (AvgIpc) is 3.16. The Morgan fingerprint density at radius 2 is 1.48 bits per heavy atom. The minimum Gasteiger partial charge on any atom is -0.369 e. The number of primary amides is 2. The number of likely N-dealkylation sites (tertiary alicyclic amines) is 1. The number of nitrogens with two attached hydrogens (primary N) is 2. The van der Waals surface area contributed by atoms with E-state index >= 15 is 0 Å². The van der Waals surface area contributed by atoms with Crippen LogP contribution in [0.15, 0.2) is 36.4 Å². The standard InChI is InChI=1S/C27H36ClN3O2/c28-20-7-5-19(6-8-20)11-13-27(24(30)33)22-10-9-21(25(22)14-15-25)26(27,23(29)32)12-1-2-16-31-17-3-4-18-31/h5-10,21-22H,1-4,11-18H2,(H2,29,32)(H2,30,33)/t21-,22+,26+,27+/m1/s1. The molecule has 1 saturated heterocycles. The van der Waals surface area contributed by atoms with Crippen molar-refractivity contribution in [2.24, 2.45) is 39.5 Å². The van der Waals surface area contributed by atoms with E-state index in [0.717, 1.165) is 37.8 Å². The number of nitrogens with zero attached hydrogens (tertiary/aromatic N) is 1. The summed E-state index contributed by atoms with van der Waals surface area (Å²) in [7, 11) is 0. The number of hydrogen-bond donors (Lipinski definition) is 2. The van der Waals surface area contributed by atoms with Gasteiger partial charge in [-0.15, -0.1) is 0 Å². The van der Waals surface area contributed by atoms with Crippen LogP contribution in [0.3, 0.4) is 0 Å². The van der Waals surface area contributed by atoms with Gasteiger partial charge in [0.1, 0.15) is 0 Å². The molecule has 5 rings (SSSR count). The fraction of sp³-hybridized carbons (Fsp3) is 0.630. The van der Waals surface area contributed by atoms with Crippen molar-refractivity contribution in [1.29, 1.82) is 0 Å². The molecule has 33 heavy (non-hydrogen) atoms. The third-order valence-electron chi connectivity index (χ3n) is 9.51. The third-order valence-corrected chi connectivity index (χ3v) is 9.77. The van der Waals surface area contributed by atoms with Crippen molar-refractivity contribution < 1.29 is 9.59 Å². The Balaban J connectivity index is 1.45. The van der Waals surface area contributed by atoms with E-state index in [9.17, 15) is 9.59 Å². The monoisotopic (exact) mass is 469 g/mol. The van der Waals surface area contributed by atoms with E-state index in [0.29, 0.717) is 24.3 Å². The Kier molecular flexibility index (Phi) is 5.85. The zero-order chi connectivity index (χ0) is 23.3. The van der Waals surface area contributed by atoms with Gasteiger partial charge in [-0.1, -0.05) is 42.3 Å². The van der Waals surface area contributed by atoms with E-state index in [1.165, 1.54) is 25.9 Å². The molecular weight excluding hydrogens is 434 g/mol. The highest BCUT2D eigenvalue weighted by molar-refractivity contribution is 6.30. The minimum absolute atomic E-state index is 0.000984. The summed E-state index contributed by atoms with van der Waals surface area (Å²) in [5, 5.41) is 0.688. The van der Waals surface area contributed by atoms with E-state index < -0.39 is 10.8 Å². The fourth-order valence-corrected chi connectivity index (χ4v) is 8.04. The zero-order valence-electron chi connectivity index (χ0n) is 19.4. The van der Waals surface area contributed by atoms with Crippen LogP contribution in [0.25, 0.3) is 0 Å². The molecule has 4 aliphatic rings. The number of amides is 2. The maximum atomic E-state index is 13.4. The fourth-order valence-electron chi connectivity index (χ4n) is 7.92. The van der Waals surface area contributed by atoms with Gasteiger partial charge in [-0.05, 0) is 106 Å². The Hall–Kier alpha value is -1.85. The van der Waals surface area contributed by atoms with E-state index in [2.05, 4.69) is 17.1 Å². The van der Waals surface area contributed by atoms with Crippen molar-refractivity contribution in [2.75, 3.05) is 19.6 Å². The number of halogens is 1. The largest absolute Gasteiger partial charge is 0.369 e. The highest BCUT2D eigenvalue weighted by atomic mass is 35.5. The molecule has 1 heterocycles. The summed E-state index contributed by atoms with van der Waals surface area (Å²) in [5.41, 5.74) is 11.8. The number of benzene rings is 1. The average molecular weight is 470 g/mol. The van der Waals surface area contributed by atoms with Crippen LogP contribution in [0.4, 0.5) is 0 Å². The smallest absolute Gasteiger partial charge is 0.225 e. The van der Waals surface area contributed by atoms with Gasteiger partial charge < -0.3 is 16.4 Å². The van der Waals surface area contributed by atoms with E-state index in [1.807, 2.05) is 24.3 Å². The van der Waals surface area contributed by atoms with Crippen LogP contribution in [0.2, 0.25) is 5.02 Å². The summed E-state index contributed by atoms with van der Waals surface area (Å²) < 4.78 is 0. The summed E-state index contributed by atoms with van der Waals surface area (Å²) in [6, 6.07) is 7.73. The summed E-state index contributed by atoms with van der Waals surface area (Å²) in [6.45, 7) is 3.39. The SMILES string of the molecule is NC(=O)[C@]1(CCCCN2CCCC2)[C@@H]2C=C[C@@H](C23CC3)[C@@]1(CCc1ccc(Cl)cc1)C(N)=O. The lowest BCUT2D eigenvalue weighted by Gasteiger charge is -2.48. The molecule has 2 amide bonds. The number of hydrogen-bond acceptors (Lipinski definition) is 3. The predicted molar refractivity (Wildman–Crippen MR) is 130 cm³/mol. The van der Waals surface area contributed by atoms with Gasteiger partial charge in [0.2, 0.25) is 11.8 Å². The number of rotatable bonds is 10. The van der Waals surface area contributed by atoms with Crippen LogP contribution < -0.4 is 11.5 Å². The summed E-state index contributed by atoms with van der Waals surface area (Å²) in [5.74, 6) is -0.650. The Morgan fingerprint density at radius 1 is 0.909 bits per heavy atom. The number of unbranched alkanes of at least 4 members (excludes halogenated alkanes) is 1. The second-order valence-corrected chi connectivity index (χ2v) is 11.3. The van der Waals surface area contributed by atoms with Gasteiger partial charge in [-0.2, -0.15) is 0 Å². The van der Waals surface area contributed by atoms with Gasteiger partial charge in [-0.3, -0.25) is 9.59 Å². The molecule has 3 aliphatic carbocycles. The zero-order valence-corrected chi connectivity index (χ0v) is 20.2. The van der Waals surface area contributed by atoms with Gasteiger partial charge in [0, 0.05) is 5.02 Å². The van der Waals surface area contributed by atoms with Crippen molar-refractivity contribution in [2.45, 2.75) is 57.8 Å². The molecule has 0 aromatic heterocycles. The maximum Gasteiger partial charge on any atom is 0.225 e. The molecule has 1 spiro atoms. The van der Waals surface area contributed by atoms with Gasteiger partial charge in [0.15, 0.2) is 0 Å². The molecule has 1 aliphatic heterocycles. The number of allylic oxidation sites excluding steroid dienone is 2. The van der Waals surface area contributed by atoms with Crippen LogP contribution in [0, 0.1) is 28.1 Å². The third kappa shape index (κ3) is 3.37. The molecule has 1 aromatic rings. The van der Waals surface area contributed by atoms with E-state index in [-0.39, 0.29) is 29.1 Å². The molecule has 2 bridgehead atoms. The van der Waals surface area contributed by atoms with Crippen molar-refractivity contribution in [3.8, 4) is 0 Å². The molecule has 1 aromatic carbocycles. The van der Waals surface area contributed by atoms with Crippen molar-refractivity contribution in [3.63, 3.8) is 0 Å². The summed E-state index contributed by atoms with van der Waals surface area (Å²) >= 11 is 6.07. The minimum atomic E-state index is -0.929. The van der Waals surface area contributed by atoms with E-state index in [4.69, 9.17) is 23.1 Å². The van der Waals surface area contributed by atoms with Crippen LogP contribution >= 0.6 is 11.6 Å². The van der Waals surface area contributed by atoms with Gasteiger partial charge >= 0.3 is 0 Å². The number of aryl methyl sites for hydroxylation is 1. The molecule has 3 fully saturated rings. The highest BCUT2D eigenvalue weighted by Crippen LogP contribution is 2.81. The van der Waals surface area contributed by atoms with Crippen LogP contribution in [0.1, 0.15) is 56.9 Å². The first-order valence-corrected chi connectivity index (χ1v) is 13.0. The van der Waals surface area contributed by atoms with Gasteiger partial charge in [-0.25, -0.2) is 0 Å². The first kappa shape index (κ1) is 22.9. The lowest BCUT2D eigenvalue weighted by Crippen LogP contribution is -2.59. The number of carbonyl (C=O) groups excluding carboxylic acids is 2. The molecule has 2 saturated carbocycles. The first-order chi connectivity index (χ1) is 15.9. The Labute approximate surface area is 201 Å². The predicted octanol–water partition coefficient (Wildman–Crippen LogP) is 4.08. The molecule has 0 radical (unpaired) electrons. The lowest BCUT2D eigenvalue weighted by molar-refractivity contribution is -0.152. The molecule has 178 valence electrons. The van der Waals surface area contributed by atoms with Gasteiger partial charge in [0.25, 0.3) is 0 Å². The first-order valence-electron chi connectivity index (χ1n) is 12.6. The molecule has 4 atom stereocenters. The lowest BCUT2D eigenvalue weighted by atomic mass is 9.53. The summed E-state index contributed by atoms with van der Waals surface area (Å²) in [6.07, 6.45) is 12.8. The molecule has 6 heteroatoms. The maximum absolute atomic E-state index is 13.4. The van der Waals surface area contributed by atoms with Crippen LogP contribution in [-0.4, -0.2) is 36.3 Å². The van der Waals surface area contributed by atoms with Crippen LogP contribution in [0.5, 0.6) is 0 Å². The van der Waals surface area contributed by atoms with Crippen LogP contribution in [-0.2, 0) is 16.0 Å². The number of carbonyl (C=O) groups is 2. The topological polar surface area (TPSA) is 89.4 Å². The molecule has 4 N–H and O–H groups in total. The van der Waals surface area contributed by atoms with Crippen molar-refractivity contribution in [3.05, 3.63) is 47.0 Å². The van der Waals surface area contributed by atoms with Crippen molar-refractivity contribution >= 4 is 23.4 Å². The van der Waals surface area contributed by atoms with Gasteiger partial charge in [0.05, 0.1) is 10.8 Å². The Morgan fingerprint density at radius 3 is 2.03 bits per heavy atom. The molecule has 5 nitrogen and oxygen atoms in total. The van der Waals surface area contributed by atoms with Crippen molar-refractivity contribution in [1.82, 2.24) is 4.90 Å². The second-order valence-electron chi connectivity index (χ2n) is 10.9.